The van der Waals surface area contributed by atoms with Gasteiger partial charge in [-0.05, 0) is 29.0 Å². The standard InChI is InChI=1S/C19H25N/c1-14(2)12-16-8-7-11-18(13-16)19(20)15(3)17-9-5-4-6-10-17/h4-11,13-15,19H,12,20H2,1-3H3. The molecule has 2 rings (SSSR count). The van der Waals surface area contributed by atoms with Gasteiger partial charge in [-0.25, -0.2) is 0 Å². The van der Waals surface area contributed by atoms with Gasteiger partial charge in [-0.15, -0.1) is 0 Å². The predicted molar refractivity (Wildman–Crippen MR) is 86.8 cm³/mol. The molecule has 0 fully saturated rings. The molecule has 2 unspecified atom stereocenters. The molecule has 2 aromatic carbocycles. The minimum Gasteiger partial charge on any atom is -0.323 e. The normalized spacial score (nSPS) is 14.2. The average molecular weight is 267 g/mol. The van der Waals surface area contributed by atoms with Crippen LogP contribution in [0.2, 0.25) is 0 Å². The van der Waals surface area contributed by atoms with Crippen LogP contribution in [-0.2, 0) is 6.42 Å². The molecule has 0 aliphatic heterocycles. The minimum atomic E-state index is 0.0458. The zero-order valence-corrected chi connectivity index (χ0v) is 12.7. The van der Waals surface area contributed by atoms with E-state index in [4.69, 9.17) is 5.73 Å². The summed E-state index contributed by atoms with van der Waals surface area (Å²) in [6.07, 6.45) is 1.11. The van der Waals surface area contributed by atoms with Crippen LogP contribution in [0.1, 0.15) is 49.4 Å². The van der Waals surface area contributed by atoms with E-state index in [9.17, 15) is 0 Å². The van der Waals surface area contributed by atoms with Crippen LogP contribution < -0.4 is 5.73 Å². The Balaban J connectivity index is 2.18. The summed E-state index contributed by atoms with van der Waals surface area (Å²) in [6.45, 7) is 6.70. The SMILES string of the molecule is CC(C)Cc1cccc(C(N)C(C)c2ccccc2)c1. The Morgan fingerprint density at radius 1 is 0.850 bits per heavy atom. The lowest BCUT2D eigenvalue weighted by Gasteiger charge is -2.21. The summed E-state index contributed by atoms with van der Waals surface area (Å²) in [5.74, 6) is 0.999. The van der Waals surface area contributed by atoms with Crippen molar-refractivity contribution in [1.82, 2.24) is 0 Å². The Labute approximate surface area is 122 Å². The summed E-state index contributed by atoms with van der Waals surface area (Å²) in [7, 11) is 0. The lowest BCUT2D eigenvalue weighted by molar-refractivity contribution is 0.595. The Bertz CT molecular complexity index is 530. The van der Waals surface area contributed by atoms with Gasteiger partial charge in [-0.2, -0.15) is 0 Å². The minimum absolute atomic E-state index is 0.0458. The van der Waals surface area contributed by atoms with Crippen molar-refractivity contribution in [2.75, 3.05) is 0 Å². The van der Waals surface area contributed by atoms with Crippen molar-refractivity contribution in [3.63, 3.8) is 0 Å². The van der Waals surface area contributed by atoms with E-state index < -0.39 is 0 Å². The molecule has 0 aromatic heterocycles. The summed E-state index contributed by atoms with van der Waals surface area (Å²) >= 11 is 0. The van der Waals surface area contributed by atoms with Gasteiger partial charge in [0.15, 0.2) is 0 Å². The number of nitrogens with two attached hydrogens (primary N) is 1. The van der Waals surface area contributed by atoms with Crippen LogP contribution in [0.3, 0.4) is 0 Å². The van der Waals surface area contributed by atoms with Crippen LogP contribution in [0.25, 0.3) is 0 Å². The second-order valence-electron chi connectivity index (χ2n) is 6.07. The van der Waals surface area contributed by atoms with Crippen LogP contribution in [0, 0.1) is 5.92 Å². The number of hydrogen-bond donors (Lipinski definition) is 1. The van der Waals surface area contributed by atoms with Gasteiger partial charge in [0, 0.05) is 12.0 Å². The monoisotopic (exact) mass is 267 g/mol. The highest BCUT2D eigenvalue weighted by molar-refractivity contribution is 5.30. The highest BCUT2D eigenvalue weighted by Gasteiger charge is 2.16. The maximum absolute atomic E-state index is 6.47. The zero-order chi connectivity index (χ0) is 14.5. The molecule has 0 radical (unpaired) electrons. The highest BCUT2D eigenvalue weighted by Crippen LogP contribution is 2.29. The van der Waals surface area contributed by atoms with E-state index in [1.54, 1.807) is 0 Å². The molecular formula is C19H25N. The Morgan fingerprint density at radius 3 is 2.15 bits per heavy atom. The van der Waals surface area contributed by atoms with E-state index in [1.807, 2.05) is 6.07 Å². The van der Waals surface area contributed by atoms with Crippen molar-refractivity contribution < 1.29 is 0 Å². The van der Waals surface area contributed by atoms with Gasteiger partial charge >= 0.3 is 0 Å². The fourth-order valence-electron chi connectivity index (χ4n) is 2.65. The van der Waals surface area contributed by atoms with Crippen LogP contribution in [-0.4, -0.2) is 0 Å². The van der Waals surface area contributed by atoms with E-state index >= 15 is 0 Å². The summed E-state index contributed by atoms with van der Waals surface area (Å²) < 4.78 is 0. The Kier molecular flexibility index (Phi) is 4.97. The molecule has 1 heteroatoms. The smallest absolute Gasteiger partial charge is 0.0361 e. The number of benzene rings is 2. The Hall–Kier alpha value is -1.60. The number of hydrogen-bond acceptors (Lipinski definition) is 1. The second kappa shape index (κ2) is 6.71. The third-order valence-corrected chi connectivity index (χ3v) is 3.84. The first-order valence-corrected chi connectivity index (χ1v) is 7.47. The average Bonchev–Trinajstić information content (AvgIpc) is 2.46. The van der Waals surface area contributed by atoms with Gasteiger partial charge in [0.05, 0.1) is 0 Å². The molecule has 2 aromatic rings. The van der Waals surface area contributed by atoms with E-state index in [-0.39, 0.29) is 6.04 Å². The van der Waals surface area contributed by atoms with Crippen molar-refractivity contribution in [2.45, 2.75) is 39.2 Å². The highest BCUT2D eigenvalue weighted by atomic mass is 14.6. The second-order valence-corrected chi connectivity index (χ2v) is 6.07. The van der Waals surface area contributed by atoms with Gasteiger partial charge < -0.3 is 5.73 Å². The molecule has 106 valence electrons. The van der Waals surface area contributed by atoms with Gasteiger partial charge in [0.1, 0.15) is 0 Å². The Morgan fingerprint density at radius 2 is 1.50 bits per heavy atom. The molecule has 0 heterocycles. The lowest BCUT2D eigenvalue weighted by Crippen LogP contribution is -2.18. The van der Waals surface area contributed by atoms with E-state index in [0.29, 0.717) is 11.8 Å². The van der Waals surface area contributed by atoms with Crippen molar-refractivity contribution >= 4 is 0 Å². The van der Waals surface area contributed by atoms with Crippen LogP contribution in [0.15, 0.2) is 54.6 Å². The van der Waals surface area contributed by atoms with Crippen molar-refractivity contribution in [2.24, 2.45) is 11.7 Å². The van der Waals surface area contributed by atoms with Crippen LogP contribution in [0.4, 0.5) is 0 Å². The molecule has 0 amide bonds. The summed E-state index contributed by atoms with van der Waals surface area (Å²) in [6, 6.07) is 19.3. The van der Waals surface area contributed by atoms with Gasteiger partial charge in [-0.1, -0.05) is 75.4 Å². The van der Waals surface area contributed by atoms with E-state index in [2.05, 4.69) is 69.3 Å². The molecule has 0 bridgehead atoms. The largest absolute Gasteiger partial charge is 0.323 e. The third kappa shape index (κ3) is 3.71. The summed E-state index contributed by atoms with van der Waals surface area (Å²) in [5.41, 5.74) is 10.4. The van der Waals surface area contributed by atoms with Crippen LogP contribution >= 0.6 is 0 Å². The first-order valence-electron chi connectivity index (χ1n) is 7.47. The lowest BCUT2D eigenvalue weighted by atomic mass is 9.88. The van der Waals surface area contributed by atoms with E-state index in [1.165, 1.54) is 16.7 Å². The number of rotatable bonds is 5. The van der Waals surface area contributed by atoms with Crippen LogP contribution in [0.5, 0.6) is 0 Å². The van der Waals surface area contributed by atoms with Gasteiger partial charge in [-0.3, -0.25) is 0 Å². The topological polar surface area (TPSA) is 26.0 Å². The molecule has 0 saturated carbocycles. The van der Waals surface area contributed by atoms with Crippen molar-refractivity contribution in [3.05, 3.63) is 71.3 Å². The molecule has 0 spiro atoms. The summed E-state index contributed by atoms with van der Waals surface area (Å²) in [4.78, 5) is 0. The molecule has 2 atom stereocenters. The maximum atomic E-state index is 6.47. The van der Waals surface area contributed by atoms with Gasteiger partial charge in [0.2, 0.25) is 0 Å². The first kappa shape index (κ1) is 14.8. The molecule has 2 N–H and O–H groups in total. The quantitative estimate of drug-likeness (QED) is 0.835. The molecule has 1 nitrogen and oxygen atoms in total. The first-order chi connectivity index (χ1) is 9.58. The van der Waals surface area contributed by atoms with Crippen molar-refractivity contribution in [3.8, 4) is 0 Å². The van der Waals surface area contributed by atoms with Gasteiger partial charge in [0.25, 0.3) is 0 Å². The third-order valence-electron chi connectivity index (χ3n) is 3.84. The predicted octanol–water partition coefficient (Wildman–Crippen LogP) is 4.69. The maximum Gasteiger partial charge on any atom is 0.0361 e. The van der Waals surface area contributed by atoms with Crippen molar-refractivity contribution in [1.29, 1.82) is 0 Å². The molecule has 0 aliphatic carbocycles. The molecule has 20 heavy (non-hydrogen) atoms. The fraction of sp³-hybridized carbons (Fsp3) is 0.368. The molecular weight excluding hydrogens is 242 g/mol. The molecule has 0 aliphatic rings. The molecule has 0 saturated heterocycles. The summed E-state index contributed by atoms with van der Waals surface area (Å²) in [5, 5.41) is 0. The fourth-order valence-corrected chi connectivity index (χ4v) is 2.65. The zero-order valence-electron chi connectivity index (χ0n) is 12.7. The van der Waals surface area contributed by atoms with E-state index in [0.717, 1.165) is 6.42 Å².